The van der Waals surface area contributed by atoms with Gasteiger partial charge in [0.05, 0.1) is 6.42 Å². The average molecular weight is 572 g/mol. The van der Waals surface area contributed by atoms with E-state index in [4.69, 9.17) is 0 Å². The highest BCUT2D eigenvalue weighted by atomic mass is 79.9. The molecule has 0 saturated heterocycles. The van der Waals surface area contributed by atoms with E-state index in [1.54, 1.807) is 36.4 Å². The van der Waals surface area contributed by atoms with Crippen LogP contribution in [-0.2, 0) is 16.8 Å². The summed E-state index contributed by atoms with van der Waals surface area (Å²) >= 11 is 3.32. The molecule has 0 aliphatic rings. The molecule has 0 aliphatic carbocycles. The van der Waals surface area contributed by atoms with E-state index in [1.807, 2.05) is 12.1 Å². The van der Waals surface area contributed by atoms with Crippen molar-refractivity contribution in [2.45, 2.75) is 31.3 Å². The molecular formula is C26H20BrF6NO2. The quantitative estimate of drug-likeness (QED) is 0.299. The zero-order valence-corrected chi connectivity index (χ0v) is 20.4. The lowest BCUT2D eigenvalue weighted by Crippen LogP contribution is -2.53. The number of carbonyl (C=O) groups excluding carboxylic acids is 1. The zero-order chi connectivity index (χ0) is 26.9. The van der Waals surface area contributed by atoms with Gasteiger partial charge in [0.2, 0.25) is 5.91 Å². The van der Waals surface area contributed by atoms with Crippen molar-refractivity contribution in [3.63, 3.8) is 0 Å². The molecule has 3 aromatic rings. The summed E-state index contributed by atoms with van der Waals surface area (Å²) in [5, 5.41) is 12.5. The Morgan fingerprint density at radius 1 is 0.917 bits per heavy atom. The molecule has 3 rings (SSSR count). The number of nitrogens with one attached hydrogen (secondary N) is 1. The van der Waals surface area contributed by atoms with Crippen LogP contribution in [0.25, 0.3) is 16.7 Å². The van der Waals surface area contributed by atoms with Crippen molar-refractivity contribution >= 4 is 33.1 Å². The first-order valence-corrected chi connectivity index (χ1v) is 11.2. The van der Waals surface area contributed by atoms with Crippen LogP contribution in [0.15, 0.2) is 77.8 Å². The van der Waals surface area contributed by atoms with Gasteiger partial charge in [-0.3, -0.25) is 4.79 Å². The third-order valence-corrected chi connectivity index (χ3v) is 6.00. The number of carbonyl (C=O) groups is 1. The third-order valence-electron chi connectivity index (χ3n) is 5.48. The number of rotatable bonds is 6. The van der Waals surface area contributed by atoms with Crippen LogP contribution in [0.5, 0.6) is 0 Å². The van der Waals surface area contributed by atoms with Crippen LogP contribution in [0, 0.1) is 0 Å². The fourth-order valence-electron chi connectivity index (χ4n) is 3.59. The maximum Gasteiger partial charge on any atom is 0.430 e. The first kappa shape index (κ1) is 27.5. The van der Waals surface area contributed by atoms with E-state index in [0.29, 0.717) is 28.9 Å². The minimum absolute atomic E-state index is 0.00597. The molecule has 10 heteroatoms. The topological polar surface area (TPSA) is 49.3 Å². The molecule has 0 heterocycles. The van der Waals surface area contributed by atoms with Gasteiger partial charge in [-0.05, 0) is 59.5 Å². The molecule has 0 unspecified atom stereocenters. The molecule has 0 spiro atoms. The number of aliphatic hydroxyl groups is 1. The van der Waals surface area contributed by atoms with Crippen LogP contribution < -0.4 is 5.32 Å². The molecule has 3 nitrogen and oxygen atoms in total. The predicted octanol–water partition coefficient (Wildman–Crippen LogP) is 7.64. The van der Waals surface area contributed by atoms with Crippen molar-refractivity contribution in [2.24, 2.45) is 0 Å². The lowest BCUT2D eigenvalue weighted by Gasteiger charge is -2.33. The Labute approximate surface area is 211 Å². The minimum Gasteiger partial charge on any atom is -0.369 e. The average Bonchev–Trinajstić information content (AvgIpc) is 2.78. The molecule has 0 aliphatic heterocycles. The van der Waals surface area contributed by atoms with E-state index in [1.165, 1.54) is 6.92 Å². The Morgan fingerprint density at radius 3 is 1.97 bits per heavy atom. The van der Waals surface area contributed by atoms with Gasteiger partial charge in [0, 0.05) is 15.7 Å². The SMILES string of the molecule is C=C(C)c1cc(C(O)(C(F)(F)F)C(F)(F)F)ccc1-c1ccc(NC(=O)Cc2ccc(Br)cc2)cc1. The smallest absolute Gasteiger partial charge is 0.369 e. The summed E-state index contributed by atoms with van der Waals surface area (Å²) < 4.78 is 80.8. The maximum absolute atomic E-state index is 13.3. The van der Waals surface area contributed by atoms with Crippen molar-refractivity contribution in [3.05, 3.63) is 94.5 Å². The fourth-order valence-corrected chi connectivity index (χ4v) is 3.85. The lowest BCUT2D eigenvalue weighted by molar-refractivity contribution is -0.376. The van der Waals surface area contributed by atoms with E-state index in [-0.39, 0.29) is 23.5 Å². The van der Waals surface area contributed by atoms with Crippen LogP contribution in [0.4, 0.5) is 32.0 Å². The molecule has 2 N–H and O–H groups in total. The molecule has 36 heavy (non-hydrogen) atoms. The predicted molar refractivity (Wildman–Crippen MR) is 129 cm³/mol. The molecule has 0 fully saturated rings. The number of benzene rings is 3. The Bertz CT molecular complexity index is 1250. The number of hydrogen-bond acceptors (Lipinski definition) is 2. The van der Waals surface area contributed by atoms with E-state index < -0.39 is 23.5 Å². The summed E-state index contributed by atoms with van der Waals surface area (Å²) in [4.78, 5) is 12.3. The molecule has 0 radical (unpaired) electrons. The van der Waals surface area contributed by atoms with Crippen molar-refractivity contribution in [2.75, 3.05) is 5.32 Å². The summed E-state index contributed by atoms with van der Waals surface area (Å²) in [5.74, 6) is -0.268. The fraction of sp³-hybridized carbons (Fsp3) is 0.192. The van der Waals surface area contributed by atoms with Crippen LogP contribution >= 0.6 is 15.9 Å². The molecule has 0 aromatic heterocycles. The first-order chi connectivity index (χ1) is 16.6. The highest BCUT2D eigenvalue weighted by molar-refractivity contribution is 9.10. The van der Waals surface area contributed by atoms with Crippen molar-refractivity contribution in [3.8, 4) is 11.1 Å². The molecule has 1 amide bonds. The Kier molecular flexibility index (Phi) is 7.71. The van der Waals surface area contributed by atoms with Gasteiger partial charge in [0.25, 0.3) is 5.60 Å². The Morgan fingerprint density at radius 2 is 1.47 bits per heavy atom. The molecule has 0 bridgehead atoms. The molecule has 0 saturated carbocycles. The summed E-state index contributed by atoms with van der Waals surface area (Å²) in [6, 6.07) is 15.8. The van der Waals surface area contributed by atoms with Gasteiger partial charge in [-0.15, -0.1) is 0 Å². The minimum atomic E-state index is -5.99. The zero-order valence-electron chi connectivity index (χ0n) is 18.8. The van der Waals surface area contributed by atoms with Gasteiger partial charge < -0.3 is 10.4 Å². The first-order valence-electron chi connectivity index (χ1n) is 10.4. The van der Waals surface area contributed by atoms with Crippen LogP contribution in [0.3, 0.4) is 0 Å². The Balaban J connectivity index is 1.89. The highest BCUT2D eigenvalue weighted by Gasteiger charge is 2.71. The van der Waals surface area contributed by atoms with Crippen molar-refractivity contribution < 1.29 is 36.2 Å². The van der Waals surface area contributed by atoms with Crippen LogP contribution in [0.1, 0.15) is 23.6 Å². The van der Waals surface area contributed by atoms with Crippen LogP contribution in [0.2, 0.25) is 0 Å². The summed E-state index contributed by atoms with van der Waals surface area (Å²) in [5.41, 5.74) is -4.16. The second-order valence-corrected chi connectivity index (χ2v) is 9.09. The largest absolute Gasteiger partial charge is 0.430 e. The van der Waals surface area contributed by atoms with Crippen LogP contribution in [-0.4, -0.2) is 23.4 Å². The number of hydrogen-bond donors (Lipinski definition) is 2. The van der Waals surface area contributed by atoms with Crippen molar-refractivity contribution in [1.29, 1.82) is 0 Å². The molecule has 190 valence electrons. The highest BCUT2D eigenvalue weighted by Crippen LogP contribution is 2.50. The molecule has 3 aromatic carbocycles. The second kappa shape index (κ2) is 10.1. The van der Waals surface area contributed by atoms with Gasteiger partial charge >= 0.3 is 12.4 Å². The second-order valence-electron chi connectivity index (χ2n) is 8.18. The molecular weight excluding hydrogens is 552 g/mol. The number of halogens is 7. The van der Waals surface area contributed by atoms with E-state index in [0.717, 1.165) is 16.1 Å². The van der Waals surface area contributed by atoms with Gasteiger partial charge in [0.1, 0.15) is 0 Å². The van der Waals surface area contributed by atoms with Gasteiger partial charge in [-0.2, -0.15) is 26.3 Å². The number of alkyl halides is 6. The van der Waals surface area contributed by atoms with E-state index >= 15 is 0 Å². The van der Waals surface area contributed by atoms with Gasteiger partial charge in [-0.25, -0.2) is 0 Å². The summed E-state index contributed by atoms with van der Waals surface area (Å²) in [7, 11) is 0. The maximum atomic E-state index is 13.3. The van der Waals surface area contributed by atoms with Gasteiger partial charge in [-0.1, -0.05) is 64.5 Å². The molecule has 0 atom stereocenters. The summed E-state index contributed by atoms with van der Waals surface area (Å²) in [6.45, 7) is 5.09. The normalized spacial score (nSPS) is 12.4. The van der Waals surface area contributed by atoms with E-state index in [2.05, 4.69) is 27.8 Å². The van der Waals surface area contributed by atoms with E-state index in [9.17, 15) is 36.2 Å². The Hall–Kier alpha value is -3.11. The lowest BCUT2D eigenvalue weighted by atomic mass is 9.86. The third kappa shape index (κ3) is 5.65. The standard InChI is InChI=1S/C26H20BrF6NO2/c1-15(2)22-14-18(24(36,25(28,29)30)26(31,32)33)7-12-21(22)17-5-10-20(11-6-17)34-23(35)13-16-3-8-19(27)9-4-16/h3-12,14,36H,1,13H2,2H3,(H,34,35). The summed E-state index contributed by atoms with van der Waals surface area (Å²) in [6.07, 6.45) is -11.8. The van der Waals surface area contributed by atoms with Gasteiger partial charge in [0.15, 0.2) is 0 Å². The number of allylic oxidation sites excluding steroid dienone is 1. The number of anilines is 1. The monoisotopic (exact) mass is 571 g/mol. The number of amides is 1. The van der Waals surface area contributed by atoms with Crippen molar-refractivity contribution in [1.82, 2.24) is 0 Å².